The summed E-state index contributed by atoms with van der Waals surface area (Å²) in [4.78, 5) is 25.2. The Hall–Kier alpha value is -2.50. The molecule has 6 nitrogen and oxygen atoms in total. The largest absolute Gasteiger partial charge is 0.497 e. The van der Waals surface area contributed by atoms with Crippen molar-refractivity contribution in [2.45, 2.75) is 0 Å². The lowest BCUT2D eigenvalue weighted by Crippen LogP contribution is -2.29. The number of amides is 1. The number of nitrogens with one attached hydrogen (secondary N) is 1. The number of nitrogens with zero attached hydrogens (tertiary/aromatic N) is 1. The molecule has 0 bridgehead atoms. The van der Waals surface area contributed by atoms with E-state index >= 15 is 0 Å². The van der Waals surface area contributed by atoms with Gasteiger partial charge in [0.1, 0.15) is 11.4 Å². The van der Waals surface area contributed by atoms with Gasteiger partial charge < -0.3 is 19.7 Å². The summed E-state index contributed by atoms with van der Waals surface area (Å²) in [5, 5.41) is 2.52. The fourth-order valence-electron chi connectivity index (χ4n) is 1.44. The van der Waals surface area contributed by atoms with Crippen molar-refractivity contribution in [2.75, 3.05) is 28.3 Å². The second kappa shape index (κ2) is 7.18. The maximum absolute atomic E-state index is 12.0. The van der Waals surface area contributed by atoms with Crippen LogP contribution >= 0.6 is 0 Å². The van der Waals surface area contributed by atoms with E-state index < -0.39 is 11.9 Å². The molecule has 0 aliphatic rings. The van der Waals surface area contributed by atoms with Crippen molar-refractivity contribution in [1.82, 2.24) is 10.2 Å². The third kappa shape index (κ3) is 4.31. The van der Waals surface area contributed by atoms with Crippen molar-refractivity contribution < 1.29 is 19.1 Å². The Morgan fingerprint density at radius 1 is 1.15 bits per heavy atom. The highest BCUT2D eigenvalue weighted by Gasteiger charge is 2.15. The molecule has 0 aromatic heterocycles. The molecule has 0 saturated carbocycles. The zero-order chi connectivity index (χ0) is 15.1. The van der Waals surface area contributed by atoms with Crippen LogP contribution in [0.5, 0.6) is 5.75 Å². The van der Waals surface area contributed by atoms with Crippen LogP contribution in [0.1, 0.15) is 10.4 Å². The molecule has 0 atom stereocenters. The third-order valence-electron chi connectivity index (χ3n) is 2.39. The zero-order valence-electron chi connectivity index (χ0n) is 12.0. The Balaban J connectivity index is 2.87. The predicted octanol–water partition coefficient (Wildman–Crippen LogP) is 1.00. The SMILES string of the molecule is COC(=O)/C(=C\N(C)C)NC(=O)c1ccc(OC)cc1. The van der Waals surface area contributed by atoms with E-state index in [1.165, 1.54) is 13.3 Å². The Morgan fingerprint density at radius 3 is 2.20 bits per heavy atom. The average molecular weight is 278 g/mol. The van der Waals surface area contributed by atoms with E-state index in [1.807, 2.05) is 0 Å². The molecule has 0 spiro atoms. The summed E-state index contributed by atoms with van der Waals surface area (Å²) in [5.41, 5.74) is 0.484. The minimum absolute atomic E-state index is 0.0679. The first-order chi connectivity index (χ1) is 9.47. The van der Waals surface area contributed by atoms with Crippen molar-refractivity contribution in [1.29, 1.82) is 0 Å². The highest BCUT2D eigenvalue weighted by atomic mass is 16.5. The second-order valence-electron chi connectivity index (χ2n) is 4.18. The van der Waals surface area contributed by atoms with Crippen molar-refractivity contribution in [3.63, 3.8) is 0 Å². The van der Waals surface area contributed by atoms with Crippen LogP contribution in [-0.2, 0) is 9.53 Å². The van der Waals surface area contributed by atoms with E-state index in [4.69, 9.17) is 4.74 Å². The van der Waals surface area contributed by atoms with E-state index in [9.17, 15) is 9.59 Å². The fourth-order valence-corrected chi connectivity index (χ4v) is 1.44. The number of hydrogen-bond acceptors (Lipinski definition) is 5. The van der Waals surface area contributed by atoms with Gasteiger partial charge >= 0.3 is 5.97 Å². The minimum atomic E-state index is -0.611. The van der Waals surface area contributed by atoms with Gasteiger partial charge in [0.2, 0.25) is 0 Å². The number of ether oxygens (including phenoxy) is 2. The van der Waals surface area contributed by atoms with E-state index in [0.717, 1.165) is 0 Å². The molecule has 108 valence electrons. The van der Waals surface area contributed by atoms with Crippen molar-refractivity contribution in [3.8, 4) is 5.75 Å². The summed E-state index contributed by atoms with van der Waals surface area (Å²) in [7, 11) is 6.28. The van der Waals surface area contributed by atoms with Gasteiger partial charge in [-0.05, 0) is 24.3 Å². The molecule has 0 fully saturated rings. The molecule has 1 N–H and O–H groups in total. The molecule has 0 aliphatic heterocycles. The van der Waals surface area contributed by atoms with Crippen LogP contribution < -0.4 is 10.1 Å². The van der Waals surface area contributed by atoms with Crippen LogP contribution in [0.2, 0.25) is 0 Å². The van der Waals surface area contributed by atoms with E-state index in [1.54, 1.807) is 50.4 Å². The van der Waals surface area contributed by atoms with Crippen molar-refractivity contribution in [2.24, 2.45) is 0 Å². The summed E-state index contributed by atoms with van der Waals surface area (Å²) in [6.07, 6.45) is 1.48. The molecule has 0 radical (unpaired) electrons. The predicted molar refractivity (Wildman–Crippen MR) is 74.2 cm³/mol. The lowest BCUT2D eigenvalue weighted by molar-refractivity contribution is -0.136. The summed E-state index contributed by atoms with van der Waals surface area (Å²) in [6.45, 7) is 0. The first kappa shape index (κ1) is 15.6. The first-order valence-electron chi connectivity index (χ1n) is 5.90. The summed E-state index contributed by atoms with van der Waals surface area (Å²) in [5.74, 6) is -0.356. The van der Waals surface area contributed by atoms with Gasteiger partial charge in [0.05, 0.1) is 14.2 Å². The maximum Gasteiger partial charge on any atom is 0.356 e. The third-order valence-corrected chi connectivity index (χ3v) is 2.39. The standard InChI is InChI=1S/C14H18N2O4/c1-16(2)9-12(14(18)20-4)15-13(17)10-5-7-11(19-3)8-6-10/h5-9H,1-4H3,(H,15,17)/b12-9+. The highest BCUT2D eigenvalue weighted by molar-refractivity contribution is 6.01. The van der Waals surface area contributed by atoms with Crippen molar-refractivity contribution in [3.05, 3.63) is 41.7 Å². The van der Waals surface area contributed by atoms with Crippen LogP contribution in [0.3, 0.4) is 0 Å². The lowest BCUT2D eigenvalue weighted by Gasteiger charge is -2.12. The van der Waals surface area contributed by atoms with Crippen LogP contribution in [-0.4, -0.2) is 45.1 Å². The van der Waals surface area contributed by atoms with Crippen LogP contribution in [0.25, 0.3) is 0 Å². The van der Waals surface area contributed by atoms with Gasteiger partial charge in [-0.1, -0.05) is 0 Å². The van der Waals surface area contributed by atoms with Crippen LogP contribution in [0.15, 0.2) is 36.2 Å². The van der Waals surface area contributed by atoms with Gasteiger partial charge in [-0.2, -0.15) is 0 Å². The van der Waals surface area contributed by atoms with Crippen molar-refractivity contribution >= 4 is 11.9 Å². The number of carbonyl (C=O) groups is 2. The number of carbonyl (C=O) groups excluding carboxylic acids is 2. The van der Waals surface area contributed by atoms with Gasteiger partial charge in [-0.3, -0.25) is 4.79 Å². The Morgan fingerprint density at radius 2 is 1.75 bits per heavy atom. The quantitative estimate of drug-likeness (QED) is 0.643. The minimum Gasteiger partial charge on any atom is -0.497 e. The molecule has 1 aromatic carbocycles. The Kier molecular flexibility index (Phi) is 5.58. The lowest BCUT2D eigenvalue weighted by atomic mass is 10.2. The van der Waals surface area contributed by atoms with Gasteiger partial charge in [-0.15, -0.1) is 0 Å². The first-order valence-corrected chi connectivity index (χ1v) is 5.90. The van der Waals surface area contributed by atoms with E-state index in [0.29, 0.717) is 11.3 Å². The second-order valence-corrected chi connectivity index (χ2v) is 4.18. The number of methoxy groups -OCH3 is 2. The monoisotopic (exact) mass is 278 g/mol. The number of benzene rings is 1. The van der Waals surface area contributed by atoms with Gasteiger partial charge in [0, 0.05) is 25.9 Å². The molecule has 1 amide bonds. The molecule has 6 heteroatoms. The maximum atomic E-state index is 12.0. The van der Waals surface area contributed by atoms with Gasteiger partial charge in [-0.25, -0.2) is 4.79 Å². The number of hydrogen-bond donors (Lipinski definition) is 1. The molecule has 20 heavy (non-hydrogen) atoms. The Bertz CT molecular complexity index is 506. The van der Waals surface area contributed by atoms with Crippen LogP contribution in [0.4, 0.5) is 0 Å². The molecule has 0 aliphatic carbocycles. The molecule has 0 unspecified atom stereocenters. The molecule has 0 saturated heterocycles. The van der Waals surface area contributed by atoms with E-state index in [-0.39, 0.29) is 5.70 Å². The normalized spacial score (nSPS) is 10.7. The molecule has 1 aromatic rings. The Labute approximate surface area is 118 Å². The number of rotatable bonds is 5. The summed E-state index contributed by atoms with van der Waals surface area (Å²) >= 11 is 0. The molecule has 0 heterocycles. The topological polar surface area (TPSA) is 67.9 Å². The summed E-state index contributed by atoms with van der Waals surface area (Å²) < 4.78 is 9.63. The van der Waals surface area contributed by atoms with Gasteiger partial charge in [0.15, 0.2) is 0 Å². The molecular formula is C14H18N2O4. The fraction of sp³-hybridized carbons (Fsp3) is 0.286. The van der Waals surface area contributed by atoms with Gasteiger partial charge in [0.25, 0.3) is 5.91 Å². The van der Waals surface area contributed by atoms with Crippen LogP contribution in [0, 0.1) is 0 Å². The van der Waals surface area contributed by atoms with E-state index in [2.05, 4.69) is 10.1 Å². The zero-order valence-corrected chi connectivity index (χ0v) is 12.0. The number of esters is 1. The molecule has 1 rings (SSSR count). The summed E-state index contributed by atoms with van der Waals surface area (Å²) in [6, 6.07) is 6.56. The smallest absolute Gasteiger partial charge is 0.356 e. The average Bonchev–Trinajstić information content (AvgIpc) is 2.45. The molecular weight excluding hydrogens is 260 g/mol. The highest BCUT2D eigenvalue weighted by Crippen LogP contribution is 2.11.